The van der Waals surface area contributed by atoms with Gasteiger partial charge in [-0.3, -0.25) is 4.90 Å². The minimum Gasteiger partial charge on any atom is -0.508 e. The van der Waals surface area contributed by atoms with Gasteiger partial charge >= 0.3 is 0 Å². The Hall–Kier alpha value is -1.22. The first-order valence-electron chi connectivity index (χ1n) is 6.83. The molecule has 1 fully saturated rings. The Morgan fingerprint density at radius 2 is 1.83 bits per heavy atom. The molecule has 0 unspecified atom stereocenters. The number of phenolic OH excluding ortho intramolecular Hbond substituents is 1. The van der Waals surface area contributed by atoms with Crippen LogP contribution >= 0.6 is 0 Å². The molecule has 1 aromatic rings. The lowest BCUT2D eigenvalue weighted by Crippen LogP contribution is -2.47. The number of rotatable bonds is 3. The summed E-state index contributed by atoms with van der Waals surface area (Å²) in [6.45, 7) is 12.1. The summed E-state index contributed by atoms with van der Waals surface area (Å²) in [5, 5.41) is 9.56. The van der Waals surface area contributed by atoms with Crippen molar-refractivity contribution < 1.29 is 5.11 Å². The molecule has 0 aromatic heterocycles. The highest BCUT2D eigenvalue weighted by Crippen LogP contribution is 2.24. The van der Waals surface area contributed by atoms with Crippen molar-refractivity contribution in [3.05, 3.63) is 23.8 Å². The summed E-state index contributed by atoms with van der Waals surface area (Å²) in [5.41, 5.74) is 2.19. The van der Waals surface area contributed by atoms with E-state index in [1.165, 1.54) is 12.2 Å². The summed E-state index contributed by atoms with van der Waals surface area (Å²) >= 11 is 0. The predicted molar refractivity (Wildman–Crippen MR) is 76.3 cm³/mol. The van der Waals surface area contributed by atoms with Crippen LogP contribution < -0.4 is 4.90 Å². The quantitative estimate of drug-likeness (QED) is 0.890. The van der Waals surface area contributed by atoms with Crippen LogP contribution in [0, 0.1) is 12.8 Å². The highest BCUT2D eigenvalue weighted by molar-refractivity contribution is 5.52. The van der Waals surface area contributed by atoms with Crippen LogP contribution in [0.3, 0.4) is 0 Å². The van der Waals surface area contributed by atoms with E-state index in [0.29, 0.717) is 5.75 Å². The average Bonchev–Trinajstić information content (AvgIpc) is 2.33. The Morgan fingerprint density at radius 3 is 2.39 bits per heavy atom. The first-order chi connectivity index (χ1) is 8.56. The van der Waals surface area contributed by atoms with Gasteiger partial charge in [0.05, 0.1) is 0 Å². The first-order valence-corrected chi connectivity index (χ1v) is 6.83. The Bertz CT molecular complexity index is 395. The maximum absolute atomic E-state index is 9.56. The van der Waals surface area contributed by atoms with Gasteiger partial charge in [-0.25, -0.2) is 0 Å². The predicted octanol–water partition coefficient (Wildman–Crippen LogP) is 2.48. The fraction of sp³-hybridized carbons (Fsp3) is 0.600. The highest BCUT2D eigenvalue weighted by Gasteiger charge is 2.17. The molecule has 0 saturated carbocycles. The molecule has 1 saturated heterocycles. The van der Waals surface area contributed by atoms with Gasteiger partial charge in [-0.05, 0) is 36.6 Å². The zero-order chi connectivity index (χ0) is 13.1. The lowest BCUT2D eigenvalue weighted by Gasteiger charge is -2.37. The van der Waals surface area contributed by atoms with Crippen LogP contribution in [-0.4, -0.2) is 42.7 Å². The zero-order valence-corrected chi connectivity index (χ0v) is 11.7. The normalized spacial score (nSPS) is 17.4. The van der Waals surface area contributed by atoms with Crippen LogP contribution in [0.25, 0.3) is 0 Å². The standard InChI is InChI=1S/C15H24N2O/c1-12(2)11-16-6-8-17(9-7-16)14-4-5-15(18)13(3)10-14/h4-5,10,12,18H,6-9,11H2,1-3H3. The summed E-state index contributed by atoms with van der Waals surface area (Å²) in [7, 11) is 0. The van der Waals surface area contributed by atoms with Gasteiger partial charge in [0, 0.05) is 38.4 Å². The van der Waals surface area contributed by atoms with Gasteiger partial charge < -0.3 is 10.0 Å². The molecule has 0 bridgehead atoms. The summed E-state index contributed by atoms with van der Waals surface area (Å²) < 4.78 is 0. The van der Waals surface area contributed by atoms with Gasteiger partial charge in [0.15, 0.2) is 0 Å². The molecule has 0 aliphatic carbocycles. The van der Waals surface area contributed by atoms with Gasteiger partial charge in [-0.2, -0.15) is 0 Å². The number of piperazine rings is 1. The first kappa shape index (κ1) is 13.2. The minimum atomic E-state index is 0.386. The third-order valence-corrected chi connectivity index (χ3v) is 3.54. The van der Waals surface area contributed by atoms with Gasteiger partial charge in [0.25, 0.3) is 0 Å². The molecule has 0 spiro atoms. The molecule has 1 N–H and O–H groups in total. The molecule has 0 amide bonds. The zero-order valence-electron chi connectivity index (χ0n) is 11.7. The molecular formula is C15H24N2O. The lowest BCUT2D eigenvalue weighted by molar-refractivity contribution is 0.231. The Balaban J connectivity index is 1.94. The number of aryl methyl sites for hydroxylation is 1. The topological polar surface area (TPSA) is 26.7 Å². The second-order valence-corrected chi connectivity index (χ2v) is 5.65. The summed E-state index contributed by atoms with van der Waals surface area (Å²) in [5.74, 6) is 1.13. The molecule has 0 radical (unpaired) electrons. The molecule has 1 aliphatic rings. The number of nitrogens with zero attached hydrogens (tertiary/aromatic N) is 2. The maximum atomic E-state index is 9.56. The van der Waals surface area contributed by atoms with Gasteiger partial charge in [-0.15, -0.1) is 0 Å². The van der Waals surface area contributed by atoms with Crippen LogP contribution in [0.15, 0.2) is 18.2 Å². The SMILES string of the molecule is Cc1cc(N2CCN(CC(C)C)CC2)ccc1O. The van der Waals surface area contributed by atoms with E-state index in [1.54, 1.807) is 6.07 Å². The largest absolute Gasteiger partial charge is 0.508 e. The van der Waals surface area contributed by atoms with E-state index < -0.39 is 0 Å². The van der Waals surface area contributed by atoms with E-state index in [2.05, 4.69) is 29.7 Å². The van der Waals surface area contributed by atoms with E-state index >= 15 is 0 Å². The molecule has 1 heterocycles. The van der Waals surface area contributed by atoms with Crippen molar-refractivity contribution in [2.75, 3.05) is 37.6 Å². The summed E-state index contributed by atoms with van der Waals surface area (Å²) in [6.07, 6.45) is 0. The van der Waals surface area contributed by atoms with Crippen LogP contribution in [0.5, 0.6) is 5.75 Å². The second kappa shape index (κ2) is 5.61. The molecule has 3 heteroatoms. The smallest absolute Gasteiger partial charge is 0.118 e. The lowest BCUT2D eigenvalue weighted by atomic mass is 10.1. The second-order valence-electron chi connectivity index (χ2n) is 5.65. The Labute approximate surface area is 110 Å². The van der Waals surface area contributed by atoms with Crippen LogP contribution in [0.2, 0.25) is 0 Å². The van der Waals surface area contributed by atoms with E-state index in [9.17, 15) is 5.11 Å². The molecule has 3 nitrogen and oxygen atoms in total. The van der Waals surface area contributed by atoms with E-state index in [0.717, 1.165) is 37.7 Å². The Kier molecular flexibility index (Phi) is 4.12. The van der Waals surface area contributed by atoms with Gasteiger partial charge in [-0.1, -0.05) is 13.8 Å². The van der Waals surface area contributed by atoms with E-state index in [1.807, 2.05) is 13.0 Å². The minimum absolute atomic E-state index is 0.386. The molecule has 1 aromatic carbocycles. The van der Waals surface area contributed by atoms with Gasteiger partial charge in [0.1, 0.15) is 5.75 Å². The number of hydrogen-bond donors (Lipinski definition) is 1. The average molecular weight is 248 g/mol. The van der Waals surface area contributed by atoms with Crippen LogP contribution in [0.4, 0.5) is 5.69 Å². The monoisotopic (exact) mass is 248 g/mol. The maximum Gasteiger partial charge on any atom is 0.118 e. The highest BCUT2D eigenvalue weighted by atomic mass is 16.3. The fourth-order valence-corrected chi connectivity index (χ4v) is 2.54. The molecule has 100 valence electrons. The van der Waals surface area contributed by atoms with Crippen molar-refractivity contribution in [2.45, 2.75) is 20.8 Å². The van der Waals surface area contributed by atoms with Crippen LogP contribution in [0.1, 0.15) is 19.4 Å². The molecule has 1 aliphatic heterocycles. The van der Waals surface area contributed by atoms with Crippen molar-refractivity contribution in [2.24, 2.45) is 5.92 Å². The number of phenols is 1. The summed E-state index contributed by atoms with van der Waals surface area (Å²) in [4.78, 5) is 4.94. The number of benzene rings is 1. The van der Waals surface area contributed by atoms with Gasteiger partial charge in [0.2, 0.25) is 0 Å². The number of anilines is 1. The third-order valence-electron chi connectivity index (χ3n) is 3.54. The fourth-order valence-electron chi connectivity index (χ4n) is 2.54. The van der Waals surface area contributed by atoms with Crippen molar-refractivity contribution in [3.8, 4) is 5.75 Å². The van der Waals surface area contributed by atoms with Crippen molar-refractivity contribution in [1.29, 1.82) is 0 Å². The molecule has 0 atom stereocenters. The van der Waals surface area contributed by atoms with E-state index in [-0.39, 0.29) is 0 Å². The van der Waals surface area contributed by atoms with Crippen molar-refractivity contribution in [3.63, 3.8) is 0 Å². The van der Waals surface area contributed by atoms with Crippen molar-refractivity contribution >= 4 is 5.69 Å². The van der Waals surface area contributed by atoms with E-state index in [4.69, 9.17) is 0 Å². The third kappa shape index (κ3) is 3.16. The van der Waals surface area contributed by atoms with Crippen molar-refractivity contribution in [1.82, 2.24) is 4.90 Å². The van der Waals surface area contributed by atoms with Crippen LogP contribution in [-0.2, 0) is 0 Å². The molecule has 2 rings (SSSR count). The Morgan fingerprint density at radius 1 is 1.17 bits per heavy atom. The molecule has 18 heavy (non-hydrogen) atoms. The molecular weight excluding hydrogens is 224 g/mol. The summed E-state index contributed by atoms with van der Waals surface area (Å²) in [6, 6.07) is 5.89. The number of hydrogen-bond acceptors (Lipinski definition) is 3. The number of aromatic hydroxyl groups is 1.